The van der Waals surface area contributed by atoms with Crippen LogP contribution in [0.4, 0.5) is 4.48 Å². The number of halogens is 1. The van der Waals surface area contributed by atoms with Crippen molar-refractivity contribution >= 4 is 60.5 Å². The summed E-state index contributed by atoms with van der Waals surface area (Å²) in [5.74, 6) is -0.295. The SMILES string of the molecule is CNCOCC(COP(=O)(O)OC(COCNF)COP(=O)(O)OCCOCCOCCOCCOCCOCCOP(=O)(O)OCSSCO)OP(=O)(O)OCCOCCOCCOCCOCCOCCOP(C)(=O)O. The molecule has 0 rings (SSSR count). The molecule has 7 atom stereocenters. The molecule has 0 aliphatic carbocycles. The number of rotatable bonds is 63. The van der Waals surface area contributed by atoms with Gasteiger partial charge in [-0.15, -0.1) is 10.0 Å². The fourth-order valence-corrected chi connectivity index (χ4v) is 9.60. The van der Waals surface area contributed by atoms with E-state index in [9.17, 15) is 46.9 Å². The summed E-state index contributed by atoms with van der Waals surface area (Å²) in [6.45, 7) is -0.0627. The van der Waals surface area contributed by atoms with Crippen LogP contribution in [-0.4, -0.2) is 266 Å². The second kappa shape index (κ2) is 52.0. The fraction of sp³-hybridized carbons (Fsp3) is 1.00. The van der Waals surface area contributed by atoms with Crippen LogP contribution in [-0.2, 0) is 120 Å². The van der Waals surface area contributed by atoms with Gasteiger partial charge in [0.05, 0.1) is 198 Å². The van der Waals surface area contributed by atoms with Crippen molar-refractivity contribution in [2.75, 3.05) is 224 Å². The molecule has 42 heteroatoms. The number of phosphoric acid groups is 4. The predicted molar refractivity (Wildman–Crippen MR) is 272 cm³/mol. The van der Waals surface area contributed by atoms with Crippen molar-refractivity contribution in [3.05, 3.63) is 0 Å². The zero-order valence-corrected chi connectivity index (χ0v) is 49.6. The van der Waals surface area contributed by atoms with Crippen LogP contribution in [0, 0.1) is 0 Å². The van der Waals surface area contributed by atoms with Crippen LogP contribution >= 0.6 is 60.5 Å². The Morgan fingerprint density at radius 1 is 0.385 bits per heavy atom. The van der Waals surface area contributed by atoms with Gasteiger partial charge in [0.25, 0.3) is 0 Å². The summed E-state index contributed by atoms with van der Waals surface area (Å²) in [5, 5.41) is 11.3. The molecule has 0 aromatic rings. The molecule has 0 saturated heterocycles. The van der Waals surface area contributed by atoms with Crippen LogP contribution in [0.2, 0.25) is 0 Å². The van der Waals surface area contributed by atoms with Crippen LogP contribution in [0.5, 0.6) is 0 Å². The van der Waals surface area contributed by atoms with E-state index >= 15 is 0 Å². The van der Waals surface area contributed by atoms with E-state index in [1.165, 1.54) is 12.6 Å². The Balaban J connectivity index is 4.35. The summed E-state index contributed by atoms with van der Waals surface area (Å²) in [7, 11) is -18.9. The first kappa shape index (κ1) is 78.6. The van der Waals surface area contributed by atoms with E-state index in [-0.39, 0.29) is 144 Å². The number of nitrogens with one attached hydrogen (secondary N) is 2. The first-order chi connectivity index (χ1) is 37.3. The Bertz CT molecular complexity index is 1630. The highest BCUT2D eigenvalue weighted by Crippen LogP contribution is 2.49. The van der Waals surface area contributed by atoms with E-state index in [4.69, 9.17) is 98.5 Å². The lowest BCUT2D eigenvalue weighted by molar-refractivity contribution is -0.0332. The number of phosphoric ester groups is 4. The van der Waals surface area contributed by atoms with E-state index in [1.54, 1.807) is 0 Å². The maximum absolute atomic E-state index is 12.9. The van der Waals surface area contributed by atoms with Crippen LogP contribution in [0.1, 0.15) is 0 Å². The van der Waals surface area contributed by atoms with Gasteiger partial charge < -0.3 is 90.9 Å². The van der Waals surface area contributed by atoms with Gasteiger partial charge in [-0.2, -0.15) is 0 Å². The van der Waals surface area contributed by atoms with Gasteiger partial charge in [-0.3, -0.25) is 46.1 Å². The molecule has 7 unspecified atom stereocenters. The molecule has 34 nitrogen and oxygen atoms in total. The van der Waals surface area contributed by atoms with E-state index in [0.29, 0.717) is 19.8 Å². The molecule has 0 bridgehead atoms. The molecule has 0 aliphatic rings. The maximum Gasteiger partial charge on any atom is 0.473 e. The Morgan fingerprint density at radius 3 is 1.01 bits per heavy atom. The van der Waals surface area contributed by atoms with Gasteiger partial charge in [-0.05, 0) is 7.05 Å². The number of hydrogen-bond donors (Lipinski definition) is 8. The van der Waals surface area contributed by atoms with E-state index in [0.717, 1.165) is 28.3 Å². The monoisotopic (exact) mass is 1290 g/mol. The van der Waals surface area contributed by atoms with Gasteiger partial charge in [0.15, 0.2) is 0 Å². The molecule has 0 aromatic carbocycles. The summed E-state index contributed by atoms with van der Waals surface area (Å²) in [6.07, 6.45) is -3.15. The van der Waals surface area contributed by atoms with Crippen LogP contribution in [0.15, 0.2) is 0 Å². The lowest BCUT2D eigenvalue weighted by Crippen LogP contribution is -2.29. The highest BCUT2D eigenvalue weighted by atomic mass is 33.1. The number of hydrogen-bond acceptors (Lipinski definition) is 31. The molecule has 0 heterocycles. The van der Waals surface area contributed by atoms with E-state index in [2.05, 4.69) is 14.4 Å². The summed E-state index contributed by atoms with van der Waals surface area (Å²) in [6, 6.07) is 0. The van der Waals surface area contributed by atoms with Crippen molar-refractivity contribution in [2.45, 2.75) is 12.2 Å². The minimum atomic E-state index is -5.15. The lowest BCUT2D eigenvalue weighted by Gasteiger charge is -2.24. The molecule has 470 valence electrons. The van der Waals surface area contributed by atoms with Crippen molar-refractivity contribution in [2.24, 2.45) is 0 Å². The standard InChI is InChI=1S/C36H80FN2O32P5S2/c1-38-31-61-27-35(70-75(47,48)66-26-22-60-18-14-56-10-6-51-3-7-53-11-15-57-19-23-63-72(2,41)42)30-68-76(49,50)71-36(28-62-32-39-37)29-67-73(43,44)64-24-20-58-16-12-54-8-4-52-5-9-55-13-17-59-21-25-65-74(45,46)69-34-78-77-33-40/h35-36,38-40H,3-34H2,1-2H3,(H,41,42)(H,43,44)(H,45,46)(H,47,48)(H,49,50). The number of aliphatic hydroxyl groups is 1. The molecule has 0 aromatic heterocycles. The normalized spacial score (nSPS) is 16.8. The molecule has 0 aliphatic heterocycles. The zero-order chi connectivity index (χ0) is 58.0. The molecular formula is C36H80FN2O32P5S2. The second-order valence-electron chi connectivity index (χ2n) is 14.3. The Labute approximate surface area is 460 Å². The molecule has 0 fully saturated rings. The van der Waals surface area contributed by atoms with Gasteiger partial charge in [-0.1, -0.05) is 21.6 Å². The summed E-state index contributed by atoms with van der Waals surface area (Å²) >= 11 is 0. The van der Waals surface area contributed by atoms with Crippen molar-refractivity contribution in [3.8, 4) is 0 Å². The van der Waals surface area contributed by atoms with E-state index in [1.807, 2.05) is 0 Å². The first-order valence-electron chi connectivity index (χ1n) is 23.5. The third-order valence-electron chi connectivity index (χ3n) is 7.80. The van der Waals surface area contributed by atoms with Gasteiger partial charge in [-0.25, -0.2) is 18.3 Å². The van der Waals surface area contributed by atoms with Gasteiger partial charge >= 0.3 is 38.9 Å². The Kier molecular flexibility index (Phi) is 52.4. The quantitative estimate of drug-likeness (QED) is 0.0139. The maximum atomic E-state index is 12.9. The topological polar surface area (TPSA) is 425 Å². The number of ether oxygens (including phenoxy) is 12. The van der Waals surface area contributed by atoms with Crippen molar-refractivity contribution < 1.29 is 154 Å². The van der Waals surface area contributed by atoms with Crippen LogP contribution in [0.25, 0.3) is 0 Å². The molecule has 0 spiro atoms. The molecule has 78 heavy (non-hydrogen) atoms. The highest BCUT2D eigenvalue weighted by molar-refractivity contribution is 8.76. The fourth-order valence-electron chi connectivity index (χ4n) is 4.63. The van der Waals surface area contributed by atoms with Crippen LogP contribution < -0.4 is 10.9 Å². The second-order valence-corrected chi connectivity index (χ2v) is 24.3. The van der Waals surface area contributed by atoms with Crippen LogP contribution in [0.3, 0.4) is 0 Å². The van der Waals surface area contributed by atoms with Crippen molar-refractivity contribution in [3.63, 3.8) is 0 Å². The largest absolute Gasteiger partial charge is 0.473 e. The summed E-state index contributed by atoms with van der Waals surface area (Å²) < 4.78 is 180. The van der Waals surface area contributed by atoms with Crippen molar-refractivity contribution in [1.82, 2.24) is 10.9 Å². The first-order valence-corrected chi connectivity index (χ1v) is 34.0. The van der Waals surface area contributed by atoms with Crippen molar-refractivity contribution in [1.29, 1.82) is 0 Å². The molecule has 8 N–H and O–H groups in total. The Hall–Kier alpha value is 0.620. The minimum Gasteiger partial charge on any atom is -0.385 e. The Morgan fingerprint density at radius 2 is 0.679 bits per heavy atom. The molecule has 0 radical (unpaired) electrons. The molecular weight excluding hydrogens is 1210 g/mol. The average molecular weight is 1290 g/mol. The van der Waals surface area contributed by atoms with Gasteiger partial charge in [0.2, 0.25) is 0 Å². The summed E-state index contributed by atoms with van der Waals surface area (Å²) in [5.41, 5.74) is 1.18. The highest BCUT2D eigenvalue weighted by Gasteiger charge is 2.34. The minimum absolute atomic E-state index is 0.00527. The third-order valence-corrected chi connectivity index (χ3v) is 14.3. The predicted octanol–water partition coefficient (Wildman–Crippen LogP) is 1.19. The average Bonchev–Trinajstić information content (AvgIpc) is 3.37. The third kappa shape index (κ3) is 57.1. The summed E-state index contributed by atoms with van der Waals surface area (Å²) in [4.78, 5) is 49.4. The zero-order valence-electron chi connectivity index (χ0n) is 43.5. The number of aliphatic hydroxyl groups excluding tert-OH is 1. The smallest absolute Gasteiger partial charge is 0.385 e. The molecule has 0 amide bonds. The van der Waals surface area contributed by atoms with E-state index < -0.39 is 97.5 Å². The lowest BCUT2D eigenvalue weighted by atomic mass is 10.4. The molecule has 0 saturated carbocycles. The van der Waals surface area contributed by atoms with Gasteiger partial charge in [0, 0.05) is 6.66 Å². The van der Waals surface area contributed by atoms with Gasteiger partial charge in [0.1, 0.15) is 24.9 Å².